The van der Waals surface area contributed by atoms with Gasteiger partial charge in [-0.1, -0.05) is 37.6 Å². The van der Waals surface area contributed by atoms with Gasteiger partial charge in [0.05, 0.1) is 18.0 Å². The van der Waals surface area contributed by atoms with E-state index in [1.807, 2.05) is 19.1 Å². The van der Waals surface area contributed by atoms with Crippen molar-refractivity contribution in [3.63, 3.8) is 0 Å². The zero-order valence-electron chi connectivity index (χ0n) is 16.3. The number of sulfonamides is 1. The predicted octanol–water partition coefficient (Wildman–Crippen LogP) is 3.53. The van der Waals surface area contributed by atoms with E-state index >= 15 is 0 Å². The molecule has 2 atom stereocenters. The fourth-order valence-electron chi connectivity index (χ4n) is 2.62. The van der Waals surface area contributed by atoms with Gasteiger partial charge in [0, 0.05) is 5.02 Å². The van der Waals surface area contributed by atoms with Crippen LogP contribution in [0.2, 0.25) is 5.02 Å². The molecule has 1 amide bonds. The molecule has 0 saturated heterocycles. The van der Waals surface area contributed by atoms with E-state index in [0.717, 1.165) is 5.56 Å². The third kappa shape index (κ3) is 5.70. The Bertz CT molecular complexity index is 897. The van der Waals surface area contributed by atoms with Gasteiger partial charge in [0.25, 0.3) is 0 Å². The van der Waals surface area contributed by atoms with Gasteiger partial charge in [0.1, 0.15) is 11.8 Å². The molecule has 0 spiro atoms. The van der Waals surface area contributed by atoms with Crippen LogP contribution in [0.5, 0.6) is 5.75 Å². The highest BCUT2D eigenvalue weighted by molar-refractivity contribution is 7.89. The first-order valence-electron chi connectivity index (χ1n) is 8.86. The van der Waals surface area contributed by atoms with Crippen LogP contribution < -0.4 is 14.8 Å². The number of carbonyl (C=O) groups is 1. The summed E-state index contributed by atoms with van der Waals surface area (Å²) >= 11 is 5.89. The van der Waals surface area contributed by atoms with E-state index in [9.17, 15) is 13.2 Å². The number of ether oxygens (including phenoxy) is 1. The first-order valence-corrected chi connectivity index (χ1v) is 10.7. The largest absolute Gasteiger partial charge is 0.497 e. The molecule has 0 fully saturated rings. The fraction of sp³-hybridized carbons (Fsp3) is 0.350. The predicted molar refractivity (Wildman–Crippen MR) is 110 cm³/mol. The van der Waals surface area contributed by atoms with E-state index in [0.29, 0.717) is 10.8 Å². The topological polar surface area (TPSA) is 84.5 Å². The molecule has 0 saturated carbocycles. The molecule has 8 heteroatoms. The molecule has 2 rings (SSSR count). The number of halogens is 1. The summed E-state index contributed by atoms with van der Waals surface area (Å²) in [6, 6.07) is 11.9. The number of methoxy groups -OCH3 is 1. The number of amides is 1. The van der Waals surface area contributed by atoms with Gasteiger partial charge in [-0.15, -0.1) is 0 Å². The summed E-state index contributed by atoms with van der Waals surface area (Å²) in [5, 5.41) is 3.47. The second-order valence-corrected chi connectivity index (χ2v) is 8.95. The van der Waals surface area contributed by atoms with Crippen LogP contribution in [-0.2, 0) is 14.8 Å². The van der Waals surface area contributed by atoms with Crippen molar-refractivity contribution in [1.82, 2.24) is 10.0 Å². The van der Waals surface area contributed by atoms with Crippen molar-refractivity contribution in [2.75, 3.05) is 7.11 Å². The molecule has 0 aromatic heterocycles. The summed E-state index contributed by atoms with van der Waals surface area (Å²) < 4.78 is 33.0. The zero-order chi connectivity index (χ0) is 20.9. The first kappa shape index (κ1) is 22.2. The third-order valence-electron chi connectivity index (χ3n) is 4.33. The van der Waals surface area contributed by atoms with Crippen LogP contribution in [0.3, 0.4) is 0 Å². The Hall–Kier alpha value is -2.09. The molecule has 28 heavy (non-hydrogen) atoms. The average Bonchev–Trinajstić information content (AvgIpc) is 2.66. The standard InChI is InChI=1S/C20H25ClN2O4S/c1-13(2)19(20(24)22-14(3)15-5-7-16(21)8-6-15)23-28(25,26)18-11-9-17(27-4)10-12-18/h5-14,19,23H,1-4H3,(H,22,24). The Morgan fingerprint density at radius 3 is 2.07 bits per heavy atom. The van der Waals surface area contributed by atoms with Gasteiger partial charge in [-0.2, -0.15) is 4.72 Å². The number of benzene rings is 2. The minimum absolute atomic E-state index is 0.0671. The molecular formula is C20H25ClN2O4S. The second-order valence-electron chi connectivity index (χ2n) is 6.80. The molecule has 6 nitrogen and oxygen atoms in total. The normalized spacial score (nSPS) is 13.8. The molecule has 0 aliphatic carbocycles. The quantitative estimate of drug-likeness (QED) is 0.678. The van der Waals surface area contributed by atoms with E-state index in [4.69, 9.17) is 16.3 Å². The molecule has 0 aliphatic rings. The molecule has 0 heterocycles. The molecule has 0 radical (unpaired) electrons. The Kier molecular flexibility index (Phi) is 7.46. The van der Waals surface area contributed by atoms with Crippen molar-refractivity contribution in [3.8, 4) is 5.75 Å². The first-order chi connectivity index (χ1) is 13.1. The van der Waals surface area contributed by atoms with Gasteiger partial charge >= 0.3 is 0 Å². The van der Waals surface area contributed by atoms with Crippen LogP contribution in [0.25, 0.3) is 0 Å². The van der Waals surface area contributed by atoms with Gasteiger partial charge in [-0.05, 0) is 54.8 Å². The number of carbonyl (C=O) groups excluding carboxylic acids is 1. The Morgan fingerprint density at radius 1 is 1.00 bits per heavy atom. The maximum Gasteiger partial charge on any atom is 0.241 e. The van der Waals surface area contributed by atoms with Gasteiger partial charge in [0.15, 0.2) is 0 Å². The van der Waals surface area contributed by atoms with Crippen molar-refractivity contribution < 1.29 is 17.9 Å². The van der Waals surface area contributed by atoms with Crippen molar-refractivity contribution in [2.45, 2.75) is 37.8 Å². The summed E-state index contributed by atoms with van der Waals surface area (Å²) in [7, 11) is -2.36. The number of nitrogens with one attached hydrogen (secondary N) is 2. The lowest BCUT2D eigenvalue weighted by atomic mass is 10.0. The van der Waals surface area contributed by atoms with Crippen molar-refractivity contribution >= 4 is 27.5 Å². The lowest BCUT2D eigenvalue weighted by Crippen LogP contribution is -2.50. The van der Waals surface area contributed by atoms with Crippen LogP contribution in [0.15, 0.2) is 53.4 Å². The summed E-state index contributed by atoms with van der Waals surface area (Å²) in [6.07, 6.45) is 0. The molecule has 152 valence electrons. The summed E-state index contributed by atoms with van der Waals surface area (Å²) in [5.74, 6) is -0.0890. The van der Waals surface area contributed by atoms with Crippen molar-refractivity contribution in [1.29, 1.82) is 0 Å². The molecule has 0 aliphatic heterocycles. The van der Waals surface area contributed by atoms with Gasteiger partial charge in [-0.25, -0.2) is 8.42 Å². The van der Waals surface area contributed by atoms with Gasteiger partial charge < -0.3 is 10.1 Å². The lowest BCUT2D eigenvalue weighted by Gasteiger charge is -2.24. The smallest absolute Gasteiger partial charge is 0.241 e. The Morgan fingerprint density at radius 2 is 1.57 bits per heavy atom. The third-order valence-corrected chi connectivity index (χ3v) is 6.04. The van der Waals surface area contributed by atoms with Crippen molar-refractivity contribution in [2.24, 2.45) is 5.92 Å². The minimum Gasteiger partial charge on any atom is -0.497 e. The van der Waals surface area contributed by atoms with Crippen LogP contribution in [0.4, 0.5) is 0 Å². The number of hydrogen-bond donors (Lipinski definition) is 2. The highest BCUT2D eigenvalue weighted by Crippen LogP contribution is 2.19. The van der Waals surface area contributed by atoms with Gasteiger partial charge in [-0.3, -0.25) is 4.79 Å². The summed E-state index contributed by atoms with van der Waals surface area (Å²) in [5.41, 5.74) is 0.873. The summed E-state index contributed by atoms with van der Waals surface area (Å²) in [6.45, 7) is 5.40. The molecular weight excluding hydrogens is 400 g/mol. The monoisotopic (exact) mass is 424 g/mol. The number of hydrogen-bond acceptors (Lipinski definition) is 4. The van der Waals surface area contributed by atoms with E-state index in [2.05, 4.69) is 10.0 Å². The van der Waals surface area contributed by atoms with Crippen LogP contribution in [0, 0.1) is 5.92 Å². The SMILES string of the molecule is COc1ccc(S(=O)(=O)NC(C(=O)NC(C)c2ccc(Cl)cc2)C(C)C)cc1. The maximum absolute atomic E-state index is 12.8. The second kappa shape index (κ2) is 9.41. The van der Waals surface area contributed by atoms with E-state index in [-0.39, 0.29) is 16.9 Å². The Labute approximate surface area is 171 Å². The average molecular weight is 425 g/mol. The highest BCUT2D eigenvalue weighted by Gasteiger charge is 2.29. The number of rotatable bonds is 8. The van der Waals surface area contributed by atoms with Crippen molar-refractivity contribution in [3.05, 3.63) is 59.1 Å². The lowest BCUT2D eigenvalue weighted by molar-refractivity contribution is -0.124. The zero-order valence-corrected chi connectivity index (χ0v) is 17.8. The van der Waals surface area contributed by atoms with Crippen LogP contribution in [0.1, 0.15) is 32.4 Å². The van der Waals surface area contributed by atoms with E-state index in [1.54, 1.807) is 38.1 Å². The summed E-state index contributed by atoms with van der Waals surface area (Å²) in [4.78, 5) is 12.8. The molecule has 0 bridgehead atoms. The molecule has 2 aromatic rings. The van der Waals surface area contributed by atoms with E-state index in [1.165, 1.54) is 19.2 Å². The van der Waals surface area contributed by atoms with Crippen LogP contribution >= 0.6 is 11.6 Å². The Balaban J connectivity index is 2.14. The minimum atomic E-state index is -3.86. The molecule has 2 N–H and O–H groups in total. The fourth-order valence-corrected chi connectivity index (χ4v) is 4.09. The highest BCUT2D eigenvalue weighted by atomic mass is 35.5. The van der Waals surface area contributed by atoms with E-state index < -0.39 is 22.0 Å². The van der Waals surface area contributed by atoms with Crippen LogP contribution in [-0.4, -0.2) is 27.5 Å². The molecule has 2 aromatic carbocycles. The molecule has 2 unspecified atom stereocenters. The van der Waals surface area contributed by atoms with Gasteiger partial charge in [0.2, 0.25) is 15.9 Å². The maximum atomic E-state index is 12.8.